The SMILES string of the molecule is Cc1cccc(OCC(C)C)c1-n1nc2c(c1-c1ccc(NC(N)=O)cc1)CN(Cc1c(Cl)cccc1Cl)CC2. The average Bonchev–Trinajstić information content (AvgIpc) is 3.28. The van der Waals surface area contributed by atoms with Gasteiger partial charge in [0.1, 0.15) is 11.4 Å². The fourth-order valence-electron chi connectivity index (χ4n) is 5.06. The minimum atomic E-state index is -0.601. The molecule has 1 aromatic heterocycles. The summed E-state index contributed by atoms with van der Waals surface area (Å²) in [6.07, 6.45) is 0.785. The van der Waals surface area contributed by atoms with Crippen LogP contribution in [0.15, 0.2) is 60.7 Å². The number of rotatable bonds is 8. The van der Waals surface area contributed by atoms with Gasteiger partial charge in [0.15, 0.2) is 0 Å². The van der Waals surface area contributed by atoms with Crippen LogP contribution in [-0.2, 0) is 19.5 Å². The quantitative estimate of drug-likeness (QED) is 0.231. The Kier molecular flexibility index (Phi) is 8.35. The van der Waals surface area contributed by atoms with Crippen molar-refractivity contribution in [3.63, 3.8) is 0 Å². The van der Waals surface area contributed by atoms with E-state index in [0.717, 1.165) is 58.0 Å². The normalized spacial score (nSPS) is 13.3. The van der Waals surface area contributed by atoms with Gasteiger partial charge in [0.05, 0.1) is 18.0 Å². The number of aromatic nitrogens is 2. The molecule has 9 heteroatoms. The molecule has 0 atom stereocenters. The number of ether oxygens (including phenoxy) is 1. The van der Waals surface area contributed by atoms with E-state index in [2.05, 4.69) is 37.1 Å². The van der Waals surface area contributed by atoms with Crippen LogP contribution in [0.2, 0.25) is 10.0 Å². The predicted octanol–water partition coefficient (Wildman–Crippen LogP) is 7.24. The number of hydrogen-bond acceptors (Lipinski definition) is 4. The number of halogens is 2. The number of para-hydroxylation sites is 1. The van der Waals surface area contributed by atoms with E-state index in [1.165, 1.54) is 0 Å². The molecule has 0 radical (unpaired) electrons. The first kappa shape index (κ1) is 28.0. The fraction of sp³-hybridized carbons (Fsp3) is 0.290. The molecule has 0 aliphatic carbocycles. The summed E-state index contributed by atoms with van der Waals surface area (Å²) in [7, 11) is 0. The number of hydrogen-bond donors (Lipinski definition) is 2. The Bertz CT molecular complexity index is 1510. The van der Waals surface area contributed by atoms with E-state index in [-0.39, 0.29) is 0 Å². The van der Waals surface area contributed by atoms with E-state index >= 15 is 0 Å². The number of carbonyl (C=O) groups is 1. The van der Waals surface area contributed by atoms with Gasteiger partial charge in [-0.15, -0.1) is 0 Å². The summed E-state index contributed by atoms with van der Waals surface area (Å²) in [5.74, 6) is 1.18. The molecule has 0 spiro atoms. The van der Waals surface area contributed by atoms with Crippen LogP contribution in [0.1, 0.15) is 36.2 Å². The first-order valence-corrected chi connectivity index (χ1v) is 14.1. The number of amides is 2. The summed E-state index contributed by atoms with van der Waals surface area (Å²) in [5.41, 5.74) is 13.0. The number of benzene rings is 3. The van der Waals surface area contributed by atoms with E-state index in [1.54, 1.807) is 0 Å². The number of fused-ring (bicyclic) bond motifs is 1. The summed E-state index contributed by atoms with van der Waals surface area (Å²) >= 11 is 13.0. The van der Waals surface area contributed by atoms with Gasteiger partial charge < -0.3 is 15.8 Å². The Morgan fingerprint density at radius 2 is 1.77 bits per heavy atom. The van der Waals surface area contributed by atoms with Gasteiger partial charge in [-0.25, -0.2) is 9.48 Å². The topological polar surface area (TPSA) is 85.4 Å². The van der Waals surface area contributed by atoms with Gasteiger partial charge in [0, 0.05) is 58.5 Å². The zero-order chi connectivity index (χ0) is 28.4. The molecule has 7 nitrogen and oxygen atoms in total. The lowest BCUT2D eigenvalue weighted by Crippen LogP contribution is -2.30. The van der Waals surface area contributed by atoms with E-state index in [9.17, 15) is 4.79 Å². The summed E-state index contributed by atoms with van der Waals surface area (Å²) in [6, 6.07) is 18.8. The minimum absolute atomic E-state index is 0.383. The summed E-state index contributed by atoms with van der Waals surface area (Å²) in [5, 5.41) is 9.13. The third-order valence-corrected chi connectivity index (χ3v) is 7.68. The van der Waals surface area contributed by atoms with Crippen LogP contribution in [0.4, 0.5) is 10.5 Å². The molecule has 0 bridgehead atoms. The Hall–Kier alpha value is -3.52. The van der Waals surface area contributed by atoms with Crippen LogP contribution in [0, 0.1) is 12.8 Å². The number of nitrogens with zero attached hydrogens (tertiary/aromatic N) is 3. The number of urea groups is 1. The number of carbonyl (C=O) groups excluding carboxylic acids is 1. The fourth-order valence-corrected chi connectivity index (χ4v) is 5.58. The van der Waals surface area contributed by atoms with E-state index in [0.29, 0.717) is 41.3 Å². The lowest BCUT2D eigenvalue weighted by atomic mass is 9.99. The summed E-state index contributed by atoms with van der Waals surface area (Å²) in [6.45, 7) is 9.10. The van der Waals surface area contributed by atoms with Crippen LogP contribution in [0.5, 0.6) is 5.75 Å². The predicted molar refractivity (Wildman–Crippen MR) is 162 cm³/mol. The number of aryl methyl sites for hydroxylation is 1. The van der Waals surface area contributed by atoms with Gasteiger partial charge in [0.25, 0.3) is 0 Å². The van der Waals surface area contributed by atoms with E-state index in [1.807, 2.05) is 59.3 Å². The molecule has 5 rings (SSSR count). The van der Waals surface area contributed by atoms with Gasteiger partial charge in [0.2, 0.25) is 0 Å². The van der Waals surface area contributed by atoms with Gasteiger partial charge in [-0.1, -0.05) is 67.4 Å². The Balaban J connectivity index is 1.61. The molecule has 4 aromatic rings. The summed E-state index contributed by atoms with van der Waals surface area (Å²) in [4.78, 5) is 13.7. The number of anilines is 1. The maximum absolute atomic E-state index is 11.4. The first-order chi connectivity index (χ1) is 19.2. The first-order valence-electron chi connectivity index (χ1n) is 13.4. The second kappa shape index (κ2) is 11.9. The highest BCUT2D eigenvalue weighted by Gasteiger charge is 2.28. The zero-order valence-electron chi connectivity index (χ0n) is 22.9. The van der Waals surface area contributed by atoms with E-state index in [4.69, 9.17) is 38.8 Å². The summed E-state index contributed by atoms with van der Waals surface area (Å²) < 4.78 is 8.31. The second-order valence-electron chi connectivity index (χ2n) is 10.5. The van der Waals surface area contributed by atoms with Crippen LogP contribution in [0.25, 0.3) is 16.9 Å². The Morgan fingerprint density at radius 3 is 2.45 bits per heavy atom. The number of nitrogens with one attached hydrogen (secondary N) is 1. The number of nitrogens with two attached hydrogens (primary N) is 1. The minimum Gasteiger partial charge on any atom is -0.491 e. The van der Waals surface area contributed by atoms with Crippen molar-refractivity contribution in [3.8, 4) is 22.7 Å². The smallest absolute Gasteiger partial charge is 0.316 e. The molecule has 1 aliphatic heterocycles. The van der Waals surface area contributed by atoms with Crippen molar-refractivity contribution < 1.29 is 9.53 Å². The zero-order valence-corrected chi connectivity index (χ0v) is 24.4. The Labute approximate surface area is 244 Å². The van der Waals surface area contributed by atoms with Crippen molar-refractivity contribution in [2.45, 2.75) is 40.3 Å². The van der Waals surface area contributed by atoms with Crippen molar-refractivity contribution in [1.82, 2.24) is 14.7 Å². The highest BCUT2D eigenvalue weighted by atomic mass is 35.5. The maximum atomic E-state index is 11.4. The molecular formula is C31H33Cl2N5O2. The van der Waals surface area contributed by atoms with E-state index < -0.39 is 6.03 Å². The van der Waals surface area contributed by atoms with Crippen LogP contribution < -0.4 is 15.8 Å². The third kappa shape index (κ3) is 5.97. The molecule has 3 N–H and O–H groups in total. The van der Waals surface area contributed by atoms with Gasteiger partial charge >= 0.3 is 6.03 Å². The third-order valence-electron chi connectivity index (χ3n) is 6.97. The molecule has 1 aliphatic rings. The van der Waals surface area contributed by atoms with Crippen molar-refractivity contribution in [2.75, 3.05) is 18.5 Å². The lowest BCUT2D eigenvalue weighted by molar-refractivity contribution is 0.245. The standard InChI is InChI=1S/C31H33Cl2N5O2/c1-19(2)18-40-28-9-4-6-20(3)29(28)38-30(21-10-12-22(13-11-21)35-31(34)39)24-17-37(15-14-27(24)36-38)16-23-25(32)7-5-8-26(23)33/h4-13,19H,14-18H2,1-3H3,(H3,34,35,39). The molecule has 0 fully saturated rings. The molecule has 0 unspecified atom stereocenters. The van der Waals surface area contributed by atoms with Gasteiger partial charge in [-0.2, -0.15) is 5.10 Å². The molecule has 2 amide bonds. The van der Waals surface area contributed by atoms with Crippen molar-refractivity contribution >= 4 is 34.9 Å². The average molecular weight is 579 g/mol. The molecule has 0 saturated heterocycles. The maximum Gasteiger partial charge on any atom is 0.316 e. The molecular weight excluding hydrogens is 545 g/mol. The lowest BCUT2D eigenvalue weighted by Gasteiger charge is -2.27. The molecule has 2 heterocycles. The Morgan fingerprint density at radius 1 is 1.07 bits per heavy atom. The monoisotopic (exact) mass is 577 g/mol. The molecule has 0 saturated carbocycles. The molecule has 3 aromatic carbocycles. The molecule has 40 heavy (non-hydrogen) atoms. The largest absolute Gasteiger partial charge is 0.491 e. The van der Waals surface area contributed by atoms with Crippen LogP contribution >= 0.6 is 23.2 Å². The number of primary amides is 1. The van der Waals surface area contributed by atoms with Crippen LogP contribution in [-0.4, -0.2) is 33.9 Å². The van der Waals surface area contributed by atoms with Crippen molar-refractivity contribution in [1.29, 1.82) is 0 Å². The highest BCUT2D eigenvalue weighted by molar-refractivity contribution is 6.35. The van der Waals surface area contributed by atoms with Crippen molar-refractivity contribution in [2.24, 2.45) is 11.7 Å². The van der Waals surface area contributed by atoms with Gasteiger partial charge in [-0.05, 0) is 48.7 Å². The van der Waals surface area contributed by atoms with Crippen molar-refractivity contribution in [3.05, 3.63) is 93.1 Å². The second-order valence-corrected chi connectivity index (χ2v) is 11.4. The molecule has 208 valence electrons. The highest BCUT2D eigenvalue weighted by Crippen LogP contribution is 2.38. The van der Waals surface area contributed by atoms with Gasteiger partial charge in [-0.3, -0.25) is 4.90 Å². The van der Waals surface area contributed by atoms with Crippen LogP contribution in [0.3, 0.4) is 0 Å².